The maximum Gasteiger partial charge on any atom is 0.243 e. The average molecular weight is 376 g/mol. The Bertz CT molecular complexity index is 1190. The van der Waals surface area contributed by atoms with E-state index in [0.29, 0.717) is 6.71 Å². The molecule has 6 rings (SSSR count). The summed E-state index contributed by atoms with van der Waals surface area (Å²) in [5.41, 5.74) is 14.2. The fourth-order valence-corrected chi connectivity index (χ4v) is 6.93. The van der Waals surface area contributed by atoms with E-state index in [2.05, 4.69) is 96.1 Å². The Kier molecular flexibility index (Phi) is 3.07. The zero-order valence-corrected chi connectivity index (χ0v) is 18.5. The Morgan fingerprint density at radius 1 is 0.552 bits per heavy atom. The molecule has 0 bridgehead atoms. The lowest BCUT2D eigenvalue weighted by atomic mass is 9.26. The molecule has 29 heavy (non-hydrogen) atoms. The standard InChI is InChI=1S/C28H29B/c1-26(2)16-17-10-7-12-19-23(17)29-24-18(26)11-8-13-20(24)28(5,6)22-15-9-14-21(25(22)29)27(19,3)4/h7-15H,16H2,1-6H3. The predicted octanol–water partition coefficient (Wildman–Crippen LogP) is 4.32. The van der Waals surface area contributed by atoms with E-state index in [0.717, 1.165) is 6.42 Å². The van der Waals surface area contributed by atoms with Crippen molar-refractivity contribution in [2.24, 2.45) is 0 Å². The highest BCUT2D eigenvalue weighted by Gasteiger charge is 2.51. The van der Waals surface area contributed by atoms with E-state index >= 15 is 0 Å². The lowest BCUT2D eigenvalue weighted by molar-refractivity contribution is 0.525. The molecule has 3 aliphatic heterocycles. The Morgan fingerprint density at radius 2 is 0.966 bits per heavy atom. The van der Waals surface area contributed by atoms with Crippen LogP contribution in [-0.2, 0) is 22.7 Å². The van der Waals surface area contributed by atoms with Gasteiger partial charge in [0, 0.05) is 10.8 Å². The van der Waals surface area contributed by atoms with Gasteiger partial charge in [-0.3, -0.25) is 0 Å². The van der Waals surface area contributed by atoms with Gasteiger partial charge in [0.1, 0.15) is 0 Å². The Balaban J connectivity index is 1.89. The van der Waals surface area contributed by atoms with Gasteiger partial charge in [-0.05, 0) is 39.7 Å². The second-order valence-corrected chi connectivity index (χ2v) is 11.2. The molecule has 0 saturated carbocycles. The minimum absolute atomic E-state index is 0.0239. The van der Waals surface area contributed by atoms with Crippen LogP contribution >= 0.6 is 0 Å². The molecule has 3 heterocycles. The molecule has 144 valence electrons. The molecule has 0 spiro atoms. The molecular formula is C28H29B. The molecule has 3 aliphatic rings. The second kappa shape index (κ2) is 5.06. The fourth-order valence-electron chi connectivity index (χ4n) is 6.93. The number of hydrogen-bond acceptors (Lipinski definition) is 0. The smallest absolute Gasteiger partial charge is 0.0617 e. The van der Waals surface area contributed by atoms with Crippen LogP contribution in [0.1, 0.15) is 74.9 Å². The van der Waals surface area contributed by atoms with Crippen LogP contribution in [0, 0.1) is 0 Å². The SMILES string of the molecule is CC1(C)Cc2cccc3c2B2c4c1cccc4C(C)(C)c1cccc(c12)C3(C)C. The summed E-state index contributed by atoms with van der Waals surface area (Å²) in [6.45, 7) is 15.0. The minimum Gasteiger partial charge on any atom is -0.0617 e. The van der Waals surface area contributed by atoms with Crippen molar-refractivity contribution in [1.82, 2.24) is 0 Å². The van der Waals surface area contributed by atoms with Gasteiger partial charge in [0.2, 0.25) is 6.71 Å². The van der Waals surface area contributed by atoms with Gasteiger partial charge in [0.25, 0.3) is 0 Å². The monoisotopic (exact) mass is 376 g/mol. The minimum atomic E-state index is 0.0239. The maximum absolute atomic E-state index is 2.44. The van der Waals surface area contributed by atoms with Crippen molar-refractivity contribution in [1.29, 1.82) is 0 Å². The fraction of sp³-hybridized carbons (Fsp3) is 0.357. The first-order chi connectivity index (χ1) is 13.7. The van der Waals surface area contributed by atoms with Gasteiger partial charge < -0.3 is 0 Å². The molecule has 0 saturated heterocycles. The summed E-state index contributed by atoms with van der Waals surface area (Å²) < 4.78 is 0. The summed E-state index contributed by atoms with van der Waals surface area (Å²) in [7, 11) is 0. The van der Waals surface area contributed by atoms with Crippen molar-refractivity contribution in [2.75, 3.05) is 0 Å². The molecule has 3 aromatic rings. The van der Waals surface area contributed by atoms with Crippen LogP contribution in [0.2, 0.25) is 0 Å². The third-order valence-corrected chi connectivity index (χ3v) is 8.33. The van der Waals surface area contributed by atoms with Crippen molar-refractivity contribution in [3.63, 3.8) is 0 Å². The normalized spacial score (nSPS) is 20.7. The van der Waals surface area contributed by atoms with E-state index in [1.807, 2.05) is 0 Å². The summed E-state index contributed by atoms with van der Waals surface area (Å²) in [4.78, 5) is 0. The summed E-state index contributed by atoms with van der Waals surface area (Å²) in [5, 5.41) is 0. The third kappa shape index (κ3) is 1.93. The Hall–Kier alpha value is -2.28. The van der Waals surface area contributed by atoms with E-state index in [4.69, 9.17) is 0 Å². The van der Waals surface area contributed by atoms with Gasteiger partial charge in [-0.25, -0.2) is 0 Å². The molecule has 1 heteroatoms. The number of benzene rings is 3. The van der Waals surface area contributed by atoms with Gasteiger partial charge in [-0.1, -0.05) is 118 Å². The first-order valence-corrected chi connectivity index (χ1v) is 11.1. The summed E-state index contributed by atoms with van der Waals surface area (Å²) >= 11 is 0. The molecule has 3 aromatic carbocycles. The molecule has 0 aliphatic carbocycles. The van der Waals surface area contributed by atoms with E-state index in [9.17, 15) is 0 Å². The van der Waals surface area contributed by atoms with Crippen LogP contribution < -0.4 is 16.4 Å². The van der Waals surface area contributed by atoms with Gasteiger partial charge in [-0.15, -0.1) is 0 Å². The zero-order chi connectivity index (χ0) is 20.3. The van der Waals surface area contributed by atoms with E-state index in [1.54, 1.807) is 27.5 Å². The largest absolute Gasteiger partial charge is 0.243 e. The lowest BCUT2D eigenvalue weighted by Gasteiger charge is -2.47. The van der Waals surface area contributed by atoms with E-state index in [-0.39, 0.29) is 16.2 Å². The molecule has 0 fully saturated rings. The second-order valence-electron chi connectivity index (χ2n) is 11.2. The predicted molar refractivity (Wildman–Crippen MR) is 125 cm³/mol. The molecule has 0 aromatic heterocycles. The molecule has 0 radical (unpaired) electrons. The number of rotatable bonds is 0. The lowest BCUT2D eigenvalue weighted by Crippen LogP contribution is -2.67. The molecular weight excluding hydrogens is 347 g/mol. The van der Waals surface area contributed by atoms with Crippen LogP contribution in [0.25, 0.3) is 0 Å². The highest BCUT2D eigenvalue weighted by atomic mass is 14.4. The maximum atomic E-state index is 2.44. The number of hydrogen-bond donors (Lipinski definition) is 0. The molecule has 0 unspecified atom stereocenters. The van der Waals surface area contributed by atoms with Crippen molar-refractivity contribution < 1.29 is 0 Å². The highest BCUT2D eigenvalue weighted by Crippen LogP contribution is 2.44. The van der Waals surface area contributed by atoms with Crippen molar-refractivity contribution in [3.05, 3.63) is 88.0 Å². The van der Waals surface area contributed by atoms with Crippen LogP contribution in [0.3, 0.4) is 0 Å². The van der Waals surface area contributed by atoms with Crippen molar-refractivity contribution in [2.45, 2.75) is 64.2 Å². The third-order valence-electron chi connectivity index (χ3n) is 8.33. The zero-order valence-electron chi connectivity index (χ0n) is 18.5. The molecule has 0 amide bonds. The first-order valence-electron chi connectivity index (χ1n) is 11.1. The van der Waals surface area contributed by atoms with Gasteiger partial charge in [0.05, 0.1) is 0 Å². The van der Waals surface area contributed by atoms with Crippen molar-refractivity contribution >= 4 is 23.1 Å². The van der Waals surface area contributed by atoms with Gasteiger partial charge in [-0.2, -0.15) is 0 Å². The summed E-state index contributed by atoms with van der Waals surface area (Å²) in [6, 6.07) is 21.3. The molecule has 0 atom stereocenters. The average Bonchev–Trinajstić information content (AvgIpc) is 2.77. The van der Waals surface area contributed by atoms with Crippen LogP contribution in [0.5, 0.6) is 0 Å². The summed E-state index contributed by atoms with van der Waals surface area (Å²) in [5.74, 6) is 0. The van der Waals surface area contributed by atoms with Gasteiger partial charge >= 0.3 is 0 Å². The van der Waals surface area contributed by atoms with Crippen LogP contribution in [0.15, 0.2) is 54.6 Å². The highest BCUT2D eigenvalue weighted by molar-refractivity contribution is 6.98. The quantitative estimate of drug-likeness (QED) is 0.513. The van der Waals surface area contributed by atoms with Gasteiger partial charge in [0.15, 0.2) is 0 Å². The van der Waals surface area contributed by atoms with Crippen LogP contribution in [-0.4, -0.2) is 6.71 Å². The Labute approximate surface area is 175 Å². The molecule has 0 N–H and O–H groups in total. The summed E-state index contributed by atoms with van der Waals surface area (Å²) in [6.07, 6.45) is 1.11. The van der Waals surface area contributed by atoms with E-state index in [1.165, 1.54) is 22.3 Å². The topological polar surface area (TPSA) is 0 Å². The van der Waals surface area contributed by atoms with E-state index < -0.39 is 0 Å². The van der Waals surface area contributed by atoms with Crippen molar-refractivity contribution in [3.8, 4) is 0 Å². The first kappa shape index (κ1) is 17.6. The van der Waals surface area contributed by atoms with Crippen LogP contribution in [0.4, 0.5) is 0 Å². The molecule has 0 nitrogen and oxygen atoms in total. The Morgan fingerprint density at radius 3 is 1.52 bits per heavy atom.